The number of amides is 1. The van der Waals surface area contributed by atoms with Gasteiger partial charge in [0.25, 0.3) is 11.6 Å². The lowest BCUT2D eigenvalue weighted by Crippen LogP contribution is -2.49. The molecule has 1 fully saturated rings. The number of anilines is 1. The van der Waals surface area contributed by atoms with E-state index in [1.54, 1.807) is 70.1 Å². The molecule has 0 bridgehead atoms. The Morgan fingerprint density at radius 2 is 1.41 bits per heavy atom. The molecule has 6 rings (SSSR count). The molecule has 12 heteroatoms. The van der Waals surface area contributed by atoms with Gasteiger partial charge in [-0.15, -0.1) is 10.2 Å². The fourth-order valence-corrected chi connectivity index (χ4v) is 5.97. The number of rotatable bonds is 8. The summed E-state index contributed by atoms with van der Waals surface area (Å²) in [6.07, 6.45) is 0. The average molecular weight is 613 g/mol. The van der Waals surface area contributed by atoms with Crippen LogP contribution in [0.1, 0.15) is 15.9 Å². The molecule has 0 aliphatic carbocycles. The molecule has 1 amide bonds. The summed E-state index contributed by atoms with van der Waals surface area (Å²) in [7, 11) is 0. The number of benzene rings is 4. The minimum atomic E-state index is -0.486. The monoisotopic (exact) mass is 612 g/mol. The second kappa shape index (κ2) is 12.6. The topological polar surface area (TPSA) is 97.4 Å². The van der Waals surface area contributed by atoms with Crippen LogP contribution in [0.15, 0.2) is 102 Å². The van der Waals surface area contributed by atoms with E-state index in [4.69, 9.17) is 0 Å². The normalized spacial score (nSPS) is 13.2. The minimum absolute atomic E-state index is 0.0629. The third kappa shape index (κ3) is 6.02. The van der Waals surface area contributed by atoms with Gasteiger partial charge in [-0.05, 0) is 54.1 Å². The van der Waals surface area contributed by atoms with Crippen molar-refractivity contribution in [2.24, 2.45) is 0 Å². The molecule has 1 aliphatic rings. The molecule has 5 aromatic rings. The zero-order chi connectivity index (χ0) is 30.6. The third-order valence-electron chi connectivity index (χ3n) is 7.39. The molecule has 1 aliphatic heterocycles. The van der Waals surface area contributed by atoms with Gasteiger partial charge in [0.1, 0.15) is 11.6 Å². The number of carbonyl (C=O) groups excluding carboxylic acids is 1. The van der Waals surface area contributed by atoms with E-state index in [1.807, 2.05) is 17.0 Å². The first-order chi connectivity index (χ1) is 21.4. The van der Waals surface area contributed by atoms with Crippen molar-refractivity contribution in [2.45, 2.75) is 10.9 Å². The highest BCUT2D eigenvalue weighted by Gasteiger charge is 2.24. The van der Waals surface area contributed by atoms with Crippen LogP contribution in [-0.2, 0) is 5.75 Å². The quantitative estimate of drug-likeness (QED) is 0.114. The van der Waals surface area contributed by atoms with Crippen LogP contribution < -0.4 is 4.90 Å². The standard InChI is InChI=1S/C32H26F2N6O3S/c33-26-5-1-3-7-28(26)37-17-19-38(20-18-37)31(41)24-11-9-22(10-12-24)21-44-32-36-35-30(23-13-15-25(16-14-23)40(42)43)39(32)29-8-4-2-6-27(29)34/h1-16H,17-21H2. The number of nitrogens with zero attached hydrogens (tertiary/aromatic N) is 6. The van der Waals surface area contributed by atoms with Crippen molar-refractivity contribution < 1.29 is 18.5 Å². The number of hydrogen-bond acceptors (Lipinski definition) is 7. The number of aromatic nitrogens is 3. The largest absolute Gasteiger partial charge is 0.366 e. The van der Waals surface area contributed by atoms with Crippen LogP contribution in [0.25, 0.3) is 17.1 Å². The number of halogens is 2. The minimum Gasteiger partial charge on any atom is -0.366 e. The summed E-state index contributed by atoms with van der Waals surface area (Å²) in [6.45, 7) is 2.08. The van der Waals surface area contributed by atoms with E-state index in [0.717, 1.165) is 5.56 Å². The van der Waals surface area contributed by atoms with Gasteiger partial charge in [0.2, 0.25) is 0 Å². The first-order valence-corrected chi connectivity index (χ1v) is 14.8. The van der Waals surface area contributed by atoms with Gasteiger partial charge in [0, 0.05) is 55.2 Å². The Morgan fingerprint density at radius 3 is 2.02 bits per heavy atom. The van der Waals surface area contributed by atoms with Crippen molar-refractivity contribution in [3.8, 4) is 17.1 Å². The summed E-state index contributed by atoms with van der Waals surface area (Å²) < 4.78 is 30.7. The molecule has 44 heavy (non-hydrogen) atoms. The van der Waals surface area contributed by atoms with Crippen LogP contribution in [0.2, 0.25) is 0 Å². The van der Waals surface area contributed by atoms with Gasteiger partial charge in [-0.25, -0.2) is 8.78 Å². The number of para-hydroxylation sites is 2. The molecule has 9 nitrogen and oxygen atoms in total. The summed E-state index contributed by atoms with van der Waals surface area (Å²) >= 11 is 1.35. The Labute approximate surface area is 255 Å². The SMILES string of the molecule is O=C(c1ccc(CSc2nnc(-c3ccc([N+](=O)[O-])cc3)n2-c2ccccc2F)cc1)N1CCN(c2ccccc2F)CC1. The lowest BCUT2D eigenvalue weighted by molar-refractivity contribution is -0.384. The first kappa shape index (κ1) is 29.0. The van der Waals surface area contributed by atoms with Crippen LogP contribution in [0.4, 0.5) is 20.2 Å². The fourth-order valence-electron chi connectivity index (χ4n) is 5.07. The van der Waals surface area contributed by atoms with Gasteiger partial charge in [0.05, 0.1) is 16.3 Å². The molecule has 1 aromatic heterocycles. The smallest absolute Gasteiger partial charge is 0.269 e. The van der Waals surface area contributed by atoms with Gasteiger partial charge >= 0.3 is 0 Å². The summed E-state index contributed by atoms with van der Waals surface area (Å²) in [4.78, 5) is 27.5. The van der Waals surface area contributed by atoms with E-state index < -0.39 is 10.7 Å². The third-order valence-corrected chi connectivity index (χ3v) is 8.39. The highest BCUT2D eigenvalue weighted by molar-refractivity contribution is 7.98. The van der Waals surface area contributed by atoms with Gasteiger partial charge in [0.15, 0.2) is 11.0 Å². The maximum Gasteiger partial charge on any atom is 0.269 e. The number of hydrogen-bond donors (Lipinski definition) is 0. The number of nitro benzene ring substituents is 1. The number of nitro groups is 1. The van der Waals surface area contributed by atoms with Crippen LogP contribution in [-0.4, -0.2) is 56.7 Å². The van der Waals surface area contributed by atoms with E-state index in [9.17, 15) is 23.7 Å². The molecule has 222 valence electrons. The fraction of sp³-hybridized carbons (Fsp3) is 0.156. The van der Waals surface area contributed by atoms with E-state index in [-0.39, 0.29) is 23.1 Å². The molecule has 0 N–H and O–H groups in total. The molecule has 4 aromatic carbocycles. The van der Waals surface area contributed by atoms with Gasteiger partial charge in [-0.3, -0.25) is 19.5 Å². The predicted octanol–water partition coefficient (Wildman–Crippen LogP) is 6.38. The lowest BCUT2D eigenvalue weighted by Gasteiger charge is -2.36. The second-order valence-electron chi connectivity index (χ2n) is 10.1. The van der Waals surface area contributed by atoms with Crippen molar-refractivity contribution >= 4 is 29.0 Å². The highest BCUT2D eigenvalue weighted by atomic mass is 32.2. The average Bonchev–Trinajstić information content (AvgIpc) is 3.48. The van der Waals surface area contributed by atoms with Gasteiger partial charge < -0.3 is 9.80 Å². The molecule has 2 heterocycles. The van der Waals surface area contributed by atoms with Crippen molar-refractivity contribution in [1.82, 2.24) is 19.7 Å². The molecule has 0 radical (unpaired) electrons. The maximum atomic E-state index is 14.9. The van der Waals surface area contributed by atoms with Crippen LogP contribution in [0, 0.1) is 21.7 Å². The maximum absolute atomic E-state index is 14.9. The Morgan fingerprint density at radius 1 is 0.795 bits per heavy atom. The number of carbonyl (C=O) groups is 1. The molecule has 0 unspecified atom stereocenters. The summed E-state index contributed by atoms with van der Waals surface area (Å²) in [5, 5.41) is 20.1. The molecular formula is C32H26F2N6O3S. The van der Waals surface area contributed by atoms with E-state index in [2.05, 4.69) is 10.2 Å². The van der Waals surface area contributed by atoms with Crippen molar-refractivity contribution in [2.75, 3.05) is 31.1 Å². The Bertz CT molecular complexity index is 1810. The zero-order valence-electron chi connectivity index (χ0n) is 23.3. The Kier molecular flexibility index (Phi) is 8.33. The van der Waals surface area contributed by atoms with Crippen LogP contribution >= 0.6 is 11.8 Å². The first-order valence-electron chi connectivity index (χ1n) is 13.8. The van der Waals surface area contributed by atoms with Crippen molar-refractivity contribution in [3.05, 3.63) is 130 Å². The molecule has 0 spiro atoms. The summed E-state index contributed by atoms with van der Waals surface area (Å²) in [5.41, 5.74) is 2.78. The van der Waals surface area contributed by atoms with Crippen LogP contribution in [0.3, 0.4) is 0 Å². The van der Waals surface area contributed by atoms with E-state index in [1.165, 1.54) is 36.0 Å². The van der Waals surface area contributed by atoms with Gasteiger partial charge in [-0.1, -0.05) is 48.2 Å². The lowest BCUT2D eigenvalue weighted by atomic mass is 10.1. The van der Waals surface area contributed by atoms with Crippen molar-refractivity contribution in [3.63, 3.8) is 0 Å². The summed E-state index contributed by atoms with van der Waals surface area (Å²) in [6, 6.07) is 26.1. The van der Waals surface area contributed by atoms with Gasteiger partial charge in [-0.2, -0.15) is 0 Å². The number of piperazine rings is 1. The molecule has 1 saturated heterocycles. The van der Waals surface area contributed by atoms with Crippen LogP contribution in [0.5, 0.6) is 0 Å². The Balaban J connectivity index is 1.15. The van der Waals surface area contributed by atoms with E-state index in [0.29, 0.717) is 59.7 Å². The zero-order valence-corrected chi connectivity index (χ0v) is 24.2. The molecular weight excluding hydrogens is 586 g/mol. The van der Waals surface area contributed by atoms with Crippen molar-refractivity contribution in [1.29, 1.82) is 0 Å². The molecule has 0 atom stereocenters. The number of non-ortho nitro benzene ring substituents is 1. The highest BCUT2D eigenvalue weighted by Crippen LogP contribution is 2.32. The second-order valence-corrected chi connectivity index (χ2v) is 11.1. The Hall–Kier alpha value is -5.10. The van der Waals surface area contributed by atoms with E-state index >= 15 is 0 Å². The predicted molar refractivity (Wildman–Crippen MR) is 164 cm³/mol. The molecule has 0 saturated carbocycles. The number of thioether (sulfide) groups is 1. The summed E-state index contributed by atoms with van der Waals surface area (Å²) in [5.74, 6) is 0.0150.